The third kappa shape index (κ3) is 6.71. The smallest absolute Gasteiger partial charge is 0.410 e. The van der Waals surface area contributed by atoms with Crippen LogP contribution < -0.4 is 21.1 Å². The highest BCUT2D eigenvalue weighted by Crippen LogP contribution is 2.08. The average molecular weight is 309 g/mol. The number of methoxy groups -OCH3 is 1. The van der Waals surface area contributed by atoms with Gasteiger partial charge < -0.3 is 25.8 Å². The number of para-hydroxylation sites is 1. The van der Waals surface area contributed by atoms with Gasteiger partial charge in [0, 0.05) is 13.7 Å². The highest BCUT2D eigenvalue weighted by atomic mass is 16.6. The number of carbonyl (C=O) groups is 3. The minimum absolute atomic E-state index is 0.250. The summed E-state index contributed by atoms with van der Waals surface area (Å²) in [6, 6.07) is 7.22. The Morgan fingerprint density at radius 2 is 1.91 bits per heavy atom. The first-order valence-electron chi connectivity index (χ1n) is 6.61. The molecule has 8 nitrogen and oxygen atoms in total. The summed E-state index contributed by atoms with van der Waals surface area (Å²) < 4.78 is 9.79. The summed E-state index contributed by atoms with van der Waals surface area (Å²) in [6.45, 7) is 0.559. The largest absolute Gasteiger partial charge is 0.413 e. The predicted octanol–water partition coefficient (Wildman–Crippen LogP) is -0.218. The second-order valence-corrected chi connectivity index (χ2v) is 4.35. The summed E-state index contributed by atoms with van der Waals surface area (Å²) in [4.78, 5) is 34.7. The van der Waals surface area contributed by atoms with E-state index in [9.17, 15) is 14.4 Å². The lowest BCUT2D eigenvalue weighted by molar-refractivity contribution is -0.127. The van der Waals surface area contributed by atoms with Crippen LogP contribution in [0.2, 0.25) is 0 Å². The summed E-state index contributed by atoms with van der Waals surface area (Å²) in [7, 11) is 1.49. The average Bonchev–Trinajstić information content (AvgIpc) is 2.47. The molecule has 22 heavy (non-hydrogen) atoms. The third-order valence-electron chi connectivity index (χ3n) is 2.57. The van der Waals surface area contributed by atoms with Crippen molar-refractivity contribution in [1.29, 1.82) is 0 Å². The summed E-state index contributed by atoms with van der Waals surface area (Å²) >= 11 is 0. The number of hydrogen-bond donors (Lipinski definition) is 3. The molecule has 0 spiro atoms. The molecule has 0 unspecified atom stereocenters. The quantitative estimate of drug-likeness (QED) is 0.574. The van der Waals surface area contributed by atoms with Crippen LogP contribution in [-0.2, 0) is 14.3 Å². The van der Waals surface area contributed by atoms with Crippen LogP contribution in [-0.4, -0.2) is 44.2 Å². The van der Waals surface area contributed by atoms with E-state index in [1.165, 1.54) is 7.11 Å². The molecule has 1 rings (SSSR count). The van der Waals surface area contributed by atoms with Crippen LogP contribution in [0, 0.1) is 0 Å². The number of amides is 3. The van der Waals surface area contributed by atoms with Crippen molar-refractivity contribution >= 4 is 17.9 Å². The van der Waals surface area contributed by atoms with E-state index in [-0.39, 0.29) is 13.0 Å². The number of hydrogen-bond acceptors (Lipinski definition) is 5. The molecule has 0 heterocycles. The third-order valence-corrected chi connectivity index (χ3v) is 2.57. The Morgan fingerprint density at radius 3 is 2.50 bits per heavy atom. The van der Waals surface area contributed by atoms with Crippen LogP contribution in [0.5, 0.6) is 5.75 Å². The Labute approximate surface area is 128 Å². The number of rotatable bonds is 8. The van der Waals surface area contributed by atoms with Gasteiger partial charge in [0.25, 0.3) is 0 Å². The lowest BCUT2D eigenvalue weighted by Gasteiger charge is -2.16. The molecule has 4 N–H and O–H groups in total. The fraction of sp³-hybridized carbons (Fsp3) is 0.357. The number of benzene rings is 1. The van der Waals surface area contributed by atoms with Crippen LogP contribution in [0.3, 0.4) is 0 Å². The van der Waals surface area contributed by atoms with Gasteiger partial charge in [-0.1, -0.05) is 18.2 Å². The van der Waals surface area contributed by atoms with Crippen molar-refractivity contribution in [2.24, 2.45) is 5.73 Å². The Bertz CT molecular complexity index is 506. The fourth-order valence-corrected chi connectivity index (χ4v) is 1.58. The number of nitrogens with two attached hydrogens (primary N) is 1. The zero-order valence-electron chi connectivity index (χ0n) is 12.2. The summed E-state index contributed by atoms with van der Waals surface area (Å²) in [5, 5.41) is 4.82. The van der Waals surface area contributed by atoms with E-state index in [1.807, 2.05) is 0 Å². The Kier molecular flexibility index (Phi) is 7.41. The topological polar surface area (TPSA) is 120 Å². The lowest BCUT2D eigenvalue weighted by Crippen LogP contribution is -2.49. The Balaban J connectivity index is 2.57. The second kappa shape index (κ2) is 9.35. The maximum atomic E-state index is 11.9. The molecule has 0 fully saturated rings. The minimum atomic E-state index is -1.11. The van der Waals surface area contributed by atoms with Gasteiger partial charge in [-0.2, -0.15) is 0 Å². The molecular weight excluding hydrogens is 290 g/mol. The van der Waals surface area contributed by atoms with Gasteiger partial charge in [0.15, 0.2) is 0 Å². The van der Waals surface area contributed by atoms with Gasteiger partial charge >= 0.3 is 6.09 Å². The Morgan fingerprint density at radius 1 is 1.23 bits per heavy atom. The number of primary amides is 1. The van der Waals surface area contributed by atoms with Crippen LogP contribution in [0.25, 0.3) is 0 Å². The highest BCUT2D eigenvalue weighted by molar-refractivity contribution is 5.90. The van der Waals surface area contributed by atoms with Crippen molar-refractivity contribution in [3.63, 3.8) is 0 Å². The van der Waals surface area contributed by atoms with Gasteiger partial charge in [-0.3, -0.25) is 9.59 Å². The molecule has 0 aliphatic rings. The summed E-state index contributed by atoms with van der Waals surface area (Å²) in [5.74, 6) is -0.939. The molecule has 120 valence electrons. The molecule has 0 bridgehead atoms. The normalized spacial score (nSPS) is 11.3. The molecule has 1 aromatic carbocycles. The zero-order valence-corrected chi connectivity index (χ0v) is 12.2. The van der Waals surface area contributed by atoms with Gasteiger partial charge in [0.1, 0.15) is 11.8 Å². The maximum Gasteiger partial charge on any atom is 0.413 e. The first-order chi connectivity index (χ1) is 10.5. The number of nitrogens with one attached hydrogen (secondary N) is 2. The second-order valence-electron chi connectivity index (χ2n) is 4.35. The summed E-state index contributed by atoms with van der Waals surface area (Å²) in [5.41, 5.74) is 5.08. The Hall–Kier alpha value is -2.61. The number of carbonyl (C=O) groups excluding carboxylic acids is 3. The van der Waals surface area contributed by atoms with E-state index in [2.05, 4.69) is 10.6 Å². The zero-order chi connectivity index (χ0) is 16.4. The molecule has 8 heteroatoms. The minimum Gasteiger partial charge on any atom is -0.410 e. The molecule has 0 aliphatic carbocycles. The van der Waals surface area contributed by atoms with Crippen molar-refractivity contribution in [2.75, 3.05) is 20.3 Å². The van der Waals surface area contributed by atoms with Gasteiger partial charge in [-0.15, -0.1) is 0 Å². The molecule has 0 aliphatic heterocycles. The lowest BCUT2D eigenvalue weighted by atomic mass is 10.2. The molecule has 0 saturated heterocycles. The van der Waals surface area contributed by atoms with Gasteiger partial charge in [0.2, 0.25) is 11.8 Å². The first-order valence-corrected chi connectivity index (χ1v) is 6.61. The molecule has 0 saturated carbocycles. The van der Waals surface area contributed by atoms with Gasteiger partial charge in [-0.05, 0) is 12.1 Å². The van der Waals surface area contributed by atoms with Crippen LogP contribution in [0.4, 0.5) is 4.79 Å². The molecule has 1 atom stereocenters. The van der Waals surface area contributed by atoms with Crippen molar-refractivity contribution in [3.05, 3.63) is 30.3 Å². The maximum absolute atomic E-state index is 11.9. The number of ether oxygens (including phenoxy) is 2. The van der Waals surface area contributed by atoms with Crippen molar-refractivity contribution in [1.82, 2.24) is 10.6 Å². The van der Waals surface area contributed by atoms with E-state index in [0.29, 0.717) is 12.4 Å². The van der Waals surface area contributed by atoms with Gasteiger partial charge in [-0.25, -0.2) is 4.79 Å². The molecule has 1 aromatic rings. The highest BCUT2D eigenvalue weighted by Gasteiger charge is 2.23. The molecule has 3 amide bonds. The van der Waals surface area contributed by atoms with Crippen molar-refractivity contribution < 1.29 is 23.9 Å². The van der Waals surface area contributed by atoms with Crippen molar-refractivity contribution in [2.45, 2.75) is 12.5 Å². The van der Waals surface area contributed by atoms with E-state index < -0.39 is 23.9 Å². The fourth-order valence-electron chi connectivity index (χ4n) is 1.58. The van der Waals surface area contributed by atoms with E-state index in [0.717, 1.165) is 0 Å². The van der Waals surface area contributed by atoms with Crippen LogP contribution in [0.1, 0.15) is 6.42 Å². The van der Waals surface area contributed by atoms with Crippen molar-refractivity contribution in [3.8, 4) is 5.75 Å². The standard InChI is InChI=1S/C14H19N3O5/c1-21-8-7-16-13(19)11(9-12(15)18)17-14(20)22-10-5-3-2-4-6-10/h2-6,11H,7-9H2,1H3,(H2,15,18)(H,16,19)(H,17,20)/t11-/m0/s1. The van der Waals surface area contributed by atoms with Crippen LogP contribution in [0.15, 0.2) is 30.3 Å². The van der Waals surface area contributed by atoms with E-state index in [4.69, 9.17) is 15.2 Å². The molecule has 0 aromatic heterocycles. The van der Waals surface area contributed by atoms with E-state index in [1.54, 1.807) is 30.3 Å². The van der Waals surface area contributed by atoms with Crippen LogP contribution >= 0.6 is 0 Å². The SMILES string of the molecule is COCCNC(=O)[C@H](CC(N)=O)NC(=O)Oc1ccccc1. The monoisotopic (exact) mass is 309 g/mol. The molecule has 0 radical (unpaired) electrons. The first kappa shape index (κ1) is 17.4. The summed E-state index contributed by atoms with van der Waals surface area (Å²) in [6.07, 6.45) is -1.18. The van der Waals surface area contributed by atoms with Gasteiger partial charge in [0.05, 0.1) is 13.0 Å². The van der Waals surface area contributed by atoms with E-state index >= 15 is 0 Å². The predicted molar refractivity (Wildman–Crippen MR) is 78.1 cm³/mol. The molecular formula is C14H19N3O5.